The second kappa shape index (κ2) is 4.17. The number of carbonyl (C=O) groups is 1. The van der Waals surface area contributed by atoms with Crippen LogP contribution in [-0.4, -0.2) is 5.91 Å². The maximum Gasteiger partial charge on any atom is 0.416 e. The van der Waals surface area contributed by atoms with Gasteiger partial charge in [-0.05, 0) is 12.1 Å². The van der Waals surface area contributed by atoms with Gasteiger partial charge in [-0.1, -0.05) is 24.2 Å². The minimum absolute atomic E-state index is 0.0992. The minimum Gasteiger partial charge on any atom is -0.366 e. The van der Waals surface area contributed by atoms with Crippen LogP contribution in [0, 0.1) is 0 Å². The van der Waals surface area contributed by atoms with E-state index in [2.05, 4.69) is 6.58 Å². The number of carbonyl (C=O) groups excluding carboxylic acids is 1. The Morgan fingerprint density at radius 1 is 1.38 bits per heavy atom. The van der Waals surface area contributed by atoms with Crippen LogP contribution in [-0.2, 0) is 11.0 Å². The monoisotopic (exact) mass is 249 g/mol. The molecule has 0 aromatic heterocycles. The Labute approximate surface area is 94.5 Å². The van der Waals surface area contributed by atoms with Crippen LogP contribution in [0.2, 0.25) is 5.02 Å². The molecule has 0 heterocycles. The summed E-state index contributed by atoms with van der Waals surface area (Å²) in [7, 11) is 0. The number of hydrogen-bond acceptors (Lipinski definition) is 1. The lowest BCUT2D eigenvalue weighted by atomic mass is 10.0. The van der Waals surface area contributed by atoms with Gasteiger partial charge in [-0.3, -0.25) is 4.79 Å². The molecule has 1 amide bonds. The van der Waals surface area contributed by atoms with Gasteiger partial charge in [0, 0.05) is 16.2 Å². The summed E-state index contributed by atoms with van der Waals surface area (Å²) in [6, 6.07) is 2.61. The van der Waals surface area contributed by atoms with E-state index in [9.17, 15) is 18.0 Å². The van der Waals surface area contributed by atoms with Gasteiger partial charge >= 0.3 is 6.18 Å². The zero-order valence-corrected chi connectivity index (χ0v) is 8.69. The van der Waals surface area contributed by atoms with Crippen molar-refractivity contribution in [1.82, 2.24) is 0 Å². The van der Waals surface area contributed by atoms with Crippen LogP contribution in [0.3, 0.4) is 0 Å². The SMILES string of the molecule is C=C(C(N)=O)c1ccc(C(F)(F)F)cc1Cl. The molecule has 0 aliphatic rings. The lowest BCUT2D eigenvalue weighted by Crippen LogP contribution is -2.13. The fourth-order valence-corrected chi connectivity index (χ4v) is 1.36. The van der Waals surface area contributed by atoms with Crippen LogP contribution < -0.4 is 5.73 Å². The summed E-state index contributed by atoms with van der Waals surface area (Å²) < 4.78 is 36.9. The van der Waals surface area contributed by atoms with Gasteiger partial charge in [-0.2, -0.15) is 13.2 Å². The third-order valence-corrected chi connectivity index (χ3v) is 2.23. The van der Waals surface area contributed by atoms with Gasteiger partial charge in [0.1, 0.15) is 0 Å². The molecule has 2 nitrogen and oxygen atoms in total. The average Bonchev–Trinajstić information content (AvgIpc) is 2.15. The van der Waals surface area contributed by atoms with Gasteiger partial charge in [0.05, 0.1) is 5.56 Å². The van der Waals surface area contributed by atoms with Gasteiger partial charge in [-0.15, -0.1) is 0 Å². The third-order valence-electron chi connectivity index (χ3n) is 1.92. The average molecular weight is 250 g/mol. The summed E-state index contributed by atoms with van der Waals surface area (Å²) in [6.45, 7) is 3.34. The highest BCUT2D eigenvalue weighted by atomic mass is 35.5. The minimum atomic E-state index is -4.48. The van der Waals surface area contributed by atoms with Crippen LogP contribution in [0.5, 0.6) is 0 Å². The molecule has 1 aromatic rings. The van der Waals surface area contributed by atoms with Crippen LogP contribution in [0.4, 0.5) is 13.2 Å². The summed E-state index contributed by atoms with van der Waals surface area (Å²) in [5.74, 6) is -0.832. The lowest BCUT2D eigenvalue weighted by Gasteiger charge is -2.09. The fraction of sp³-hybridized carbons (Fsp3) is 0.100. The van der Waals surface area contributed by atoms with E-state index in [4.69, 9.17) is 17.3 Å². The smallest absolute Gasteiger partial charge is 0.366 e. The van der Waals surface area contributed by atoms with Crippen LogP contribution in [0.1, 0.15) is 11.1 Å². The Kier molecular flexibility index (Phi) is 3.28. The van der Waals surface area contributed by atoms with Crippen molar-refractivity contribution in [2.75, 3.05) is 0 Å². The number of alkyl halides is 3. The third kappa shape index (κ3) is 2.55. The van der Waals surface area contributed by atoms with Crippen LogP contribution in [0.25, 0.3) is 5.57 Å². The second-order valence-corrected chi connectivity index (χ2v) is 3.44. The first kappa shape index (κ1) is 12.6. The summed E-state index contributed by atoms with van der Waals surface area (Å²) in [6.07, 6.45) is -4.48. The number of nitrogens with two attached hydrogens (primary N) is 1. The van der Waals surface area contributed by atoms with Gasteiger partial charge < -0.3 is 5.73 Å². The van der Waals surface area contributed by atoms with Crippen molar-refractivity contribution in [1.29, 1.82) is 0 Å². The molecule has 0 saturated heterocycles. The predicted octanol–water partition coefficient (Wildman–Crippen LogP) is 2.86. The second-order valence-electron chi connectivity index (χ2n) is 3.04. The first-order chi connectivity index (χ1) is 7.23. The molecule has 86 valence electrons. The maximum atomic E-state index is 12.3. The number of hydrogen-bond donors (Lipinski definition) is 1. The molecular weight excluding hydrogens is 243 g/mol. The number of primary amides is 1. The molecule has 16 heavy (non-hydrogen) atoms. The van der Waals surface area contributed by atoms with E-state index < -0.39 is 17.6 Å². The Hall–Kier alpha value is -1.49. The highest BCUT2D eigenvalue weighted by Gasteiger charge is 2.31. The summed E-state index contributed by atoms with van der Waals surface area (Å²) >= 11 is 5.61. The Morgan fingerprint density at radius 3 is 2.31 bits per heavy atom. The zero-order valence-electron chi connectivity index (χ0n) is 7.94. The van der Waals surface area contributed by atoms with E-state index in [0.717, 1.165) is 18.2 Å². The summed E-state index contributed by atoms with van der Waals surface area (Å²) in [5.41, 5.74) is 4.02. The van der Waals surface area contributed by atoms with Crippen molar-refractivity contribution in [3.8, 4) is 0 Å². The first-order valence-corrected chi connectivity index (χ1v) is 4.47. The molecule has 0 fully saturated rings. The van der Waals surface area contributed by atoms with Gasteiger partial charge in [0.15, 0.2) is 0 Å². The van der Waals surface area contributed by atoms with E-state index in [-0.39, 0.29) is 16.2 Å². The quantitative estimate of drug-likeness (QED) is 0.805. The highest BCUT2D eigenvalue weighted by molar-refractivity contribution is 6.34. The fourth-order valence-electron chi connectivity index (χ4n) is 1.07. The number of rotatable bonds is 2. The molecule has 0 atom stereocenters. The zero-order chi connectivity index (χ0) is 12.5. The van der Waals surface area contributed by atoms with E-state index in [1.165, 1.54) is 0 Å². The first-order valence-electron chi connectivity index (χ1n) is 4.09. The van der Waals surface area contributed by atoms with E-state index >= 15 is 0 Å². The molecule has 0 bridgehead atoms. The molecule has 0 unspecified atom stereocenters. The molecule has 0 aliphatic heterocycles. The molecule has 1 rings (SSSR count). The van der Waals surface area contributed by atoms with E-state index in [0.29, 0.717) is 0 Å². The summed E-state index contributed by atoms with van der Waals surface area (Å²) in [5, 5.41) is -0.210. The number of halogens is 4. The largest absolute Gasteiger partial charge is 0.416 e. The van der Waals surface area contributed by atoms with Gasteiger partial charge in [0.2, 0.25) is 5.91 Å². The molecule has 1 aromatic carbocycles. The Morgan fingerprint density at radius 2 is 1.94 bits per heavy atom. The molecule has 0 spiro atoms. The molecule has 0 saturated carbocycles. The van der Waals surface area contributed by atoms with Crippen molar-refractivity contribution in [3.05, 3.63) is 40.9 Å². The van der Waals surface area contributed by atoms with Crippen molar-refractivity contribution in [3.63, 3.8) is 0 Å². The molecule has 2 N–H and O–H groups in total. The molecule has 0 radical (unpaired) electrons. The summed E-state index contributed by atoms with van der Waals surface area (Å²) in [4.78, 5) is 10.8. The highest BCUT2D eigenvalue weighted by Crippen LogP contribution is 2.33. The Balaban J connectivity index is 3.20. The molecular formula is C10H7ClF3NO. The van der Waals surface area contributed by atoms with E-state index in [1.807, 2.05) is 0 Å². The normalized spacial score (nSPS) is 11.2. The molecule has 6 heteroatoms. The maximum absolute atomic E-state index is 12.3. The van der Waals surface area contributed by atoms with Crippen molar-refractivity contribution >= 4 is 23.1 Å². The number of amides is 1. The molecule has 0 aliphatic carbocycles. The standard InChI is InChI=1S/C10H7ClF3NO/c1-5(9(15)16)7-3-2-6(4-8(7)11)10(12,13)14/h2-4H,1H2,(H2,15,16). The number of benzene rings is 1. The Bertz CT molecular complexity index is 454. The predicted molar refractivity (Wildman–Crippen MR) is 54.7 cm³/mol. The van der Waals surface area contributed by atoms with Crippen LogP contribution in [0.15, 0.2) is 24.8 Å². The van der Waals surface area contributed by atoms with Crippen LogP contribution >= 0.6 is 11.6 Å². The van der Waals surface area contributed by atoms with Crippen molar-refractivity contribution < 1.29 is 18.0 Å². The van der Waals surface area contributed by atoms with E-state index in [1.54, 1.807) is 0 Å². The van der Waals surface area contributed by atoms with Crippen molar-refractivity contribution in [2.45, 2.75) is 6.18 Å². The van der Waals surface area contributed by atoms with Crippen molar-refractivity contribution in [2.24, 2.45) is 5.73 Å². The van der Waals surface area contributed by atoms with Gasteiger partial charge in [0.25, 0.3) is 0 Å². The van der Waals surface area contributed by atoms with Gasteiger partial charge in [-0.25, -0.2) is 0 Å². The topological polar surface area (TPSA) is 43.1 Å². The lowest BCUT2D eigenvalue weighted by molar-refractivity contribution is -0.137.